The Hall–Kier alpha value is -2.24. The molecule has 1 fully saturated rings. The second kappa shape index (κ2) is 7.11. The number of aromatic nitrogens is 4. The van der Waals surface area contributed by atoms with Gasteiger partial charge in [0.05, 0.1) is 0 Å². The number of hydrogen-bond donors (Lipinski definition) is 1. The maximum Gasteiger partial charge on any atom is 0.243 e. The fraction of sp³-hybridized carbons (Fsp3) is 0.556. The highest BCUT2D eigenvalue weighted by atomic mass is 16.2. The lowest BCUT2D eigenvalue weighted by molar-refractivity contribution is -0.123. The zero-order valence-electron chi connectivity index (χ0n) is 14.6. The summed E-state index contributed by atoms with van der Waals surface area (Å²) in [5, 5.41) is 15.6. The molecule has 2 aromatic rings. The van der Waals surface area contributed by atoms with Crippen molar-refractivity contribution in [2.24, 2.45) is 11.8 Å². The monoisotopic (exact) mass is 327 g/mol. The van der Waals surface area contributed by atoms with Crippen LogP contribution in [0, 0.1) is 18.8 Å². The van der Waals surface area contributed by atoms with Crippen molar-refractivity contribution in [3.63, 3.8) is 0 Å². The Kier molecular flexibility index (Phi) is 4.92. The third-order valence-electron chi connectivity index (χ3n) is 5.18. The summed E-state index contributed by atoms with van der Waals surface area (Å²) >= 11 is 0. The molecule has 1 aromatic heterocycles. The molecule has 128 valence electrons. The molecule has 1 N–H and O–H groups in total. The average Bonchev–Trinajstić information content (AvgIpc) is 3.00. The number of aryl methyl sites for hydroxylation is 1. The zero-order valence-corrected chi connectivity index (χ0v) is 14.6. The molecule has 0 bridgehead atoms. The van der Waals surface area contributed by atoms with Crippen molar-refractivity contribution in [3.8, 4) is 11.4 Å². The molecule has 3 atom stereocenters. The summed E-state index contributed by atoms with van der Waals surface area (Å²) in [6.07, 6.45) is 3.48. The Labute approximate surface area is 142 Å². The standard InChI is InChI=1S/C18H25N5O/c1-12-8-6-10-16(14(12)3)19-17(24)11-23-21-18(20-22-23)15-9-5-4-7-13(15)2/h4-5,7,9,12,14,16H,6,8,10-11H2,1-3H3,(H,19,24)/t12-,14-,16+/m0/s1. The zero-order chi connectivity index (χ0) is 17.1. The van der Waals surface area contributed by atoms with Crippen molar-refractivity contribution >= 4 is 5.91 Å². The normalized spacial score (nSPS) is 23.9. The maximum atomic E-state index is 12.3. The molecular formula is C18H25N5O. The Bertz CT molecular complexity index is 711. The lowest BCUT2D eigenvalue weighted by Gasteiger charge is -2.34. The van der Waals surface area contributed by atoms with Crippen molar-refractivity contribution in [3.05, 3.63) is 29.8 Å². The minimum Gasteiger partial charge on any atom is -0.351 e. The third kappa shape index (κ3) is 3.63. The SMILES string of the molecule is Cc1ccccc1-c1nnn(CC(=O)N[C@@H]2CCC[C@H](C)[C@@H]2C)n1. The van der Waals surface area contributed by atoms with Crippen LogP contribution in [0.15, 0.2) is 24.3 Å². The highest BCUT2D eigenvalue weighted by Gasteiger charge is 2.28. The molecule has 1 aliphatic rings. The van der Waals surface area contributed by atoms with Crippen LogP contribution in [0.1, 0.15) is 38.7 Å². The number of amides is 1. The predicted octanol–water partition coefficient (Wildman–Crippen LogP) is 2.59. The van der Waals surface area contributed by atoms with E-state index in [4.69, 9.17) is 0 Å². The van der Waals surface area contributed by atoms with E-state index in [0.29, 0.717) is 17.7 Å². The lowest BCUT2D eigenvalue weighted by atomic mass is 9.78. The molecule has 0 spiro atoms. The average molecular weight is 327 g/mol. The molecule has 6 heteroatoms. The summed E-state index contributed by atoms with van der Waals surface area (Å²) in [6.45, 7) is 6.60. The fourth-order valence-corrected chi connectivity index (χ4v) is 3.41. The molecule has 1 amide bonds. The van der Waals surface area contributed by atoms with E-state index in [1.807, 2.05) is 31.2 Å². The number of tetrazole rings is 1. The van der Waals surface area contributed by atoms with Gasteiger partial charge in [-0.2, -0.15) is 4.80 Å². The van der Waals surface area contributed by atoms with Gasteiger partial charge in [-0.3, -0.25) is 4.79 Å². The van der Waals surface area contributed by atoms with Crippen molar-refractivity contribution in [2.75, 3.05) is 0 Å². The molecule has 0 radical (unpaired) electrons. The van der Waals surface area contributed by atoms with Gasteiger partial charge in [-0.1, -0.05) is 51.0 Å². The summed E-state index contributed by atoms with van der Waals surface area (Å²) in [6, 6.07) is 8.14. The molecule has 24 heavy (non-hydrogen) atoms. The van der Waals surface area contributed by atoms with Crippen LogP contribution in [0.5, 0.6) is 0 Å². The van der Waals surface area contributed by atoms with E-state index in [-0.39, 0.29) is 18.5 Å². The van der Waals surface area contributed by atoms with Gasteiger partial charge in [-0.15, -0.1) is 10.2 Å². The number of nitrogens with zero attached hydrogens (tertiary/aromatic N) is 4. The van der Waals surface area contributed by atoms with E-state index in [1.54, 1.807) is 0 Å². The minimum absolute atomic E-state index is 0.0466. The molecule has 0 saturated heterocycles. The summed E-state index contributed by atoms with van der Waals surface area (Å²) in [7, 11) is 0. The van der Waals surface area contributed by atoms with Gasteiger partial charge >= 0.3 is 0 Å². The first-order chi connectivity index (χ1) is 11.5. The molecule has 3 rings (SSSR count). The van der Waals surface area contributed by atoms with E-state index in [1.165, 1.54) is 17.6 Å². The molecule has 0 aliphatic heterocycles. The Morgan fingerprint density at radius 2 is 2.08 bits per heavy atom. The van der Waals surface area contributed by atoms with Crippen molar-refractivity contribution in [2.45, 2.75) is 52.6 Å². The van der Waals surface area contributed by atoms with Crippen molar-refractivity contribution < 1.29 is 4.79 Å². The van der Waals surface area contributed by atoms with E-state index in [9.17, 15) is 4.79 Å². The van der Waals surface area contributed by atoms with Crippen LogP contribution in [-0.2, 0) is 11.3 Å². The Morgan fingerprint density at radius 1 is 1.29 bits per heavy atom. The van der Waals surface area contributed by atoms with Gasteiger partial charge in [0.15, 0.2) is 0 Å². The topological polar surface area (TPSA) is 72.7 Å². The van der Waals surface area contributed by atoms with Gasteiger partial charge < -0.3 is 5.32 Å². The van der Waals surface area contributed by atoms with Crippen molar-refractivity contribution in [1.29, 1.82) is 0 Å². The Morgan fingerprint density at radius 3 is 2.88 bits per heavy atom. The number of carbonyl (C=O) groups excluding carboxylic acids is 1. The fourth-order valence-electron chi connectivity index (χ4n) is 3.41. The van der Waals surface area contributed by atoms with E-state index >= 15 is 0 Å². The van der Waals surface area contributed by atoms with Crippen LogP contribution in [0.4, 0.5) is 0 Å². The smallest absolute Gasteiger partial charge is 0.243 e. The first kappa shape index (κ1) is 16.6. The molecule has 1 heterocycles. The molecular weight excluding hydrogens is 302 g/mol. The van der Waals surface area contributed by atoms with Crippen LogP contribution >= 0.6 is 0 Å². The number of carbonyl (C=O) groups is 1. The third-order valence-corrected chi connectivity index (χ3v) is 5.18. The highest BCUT2D eigenvalue weighted by Crippen LogP contribution is 2.29. The first-order valence-electron chi connectivity index (χ1n) is 8.68. The maximum absolute atomic E-state index is 12.3. The summed E-state index contributed by atoms with van der Waals surface area (Å²) < 4.78 is 0. The van der Waals surface area contributed by atoms with Crippen molar-refractivity contribution in [1.82, 2.24) is 25.5 Å². The molecule has 6 nitrogen and oxygen atoms in total. The van der Waals surface area contributed by atoms with E-state index in [0.717, 1.165) is 17.5 Å². The minimum atomic E-state index is -0.0466. The summed E-state index contributed by atoms with van der Waals surface area (Å²) in [5.74, 6) is 1.67. The van der Waals surface area contributed by atoms with Crippen LogP contribution in [-0.4, -0.2) is 32.2 Å². The van der Waals surface area contributed by atoms with Gasteiger partial charge in [-0.05, 0) is 36.0 Å². The van der Waals surface area contributed by atoms with Gasteiger partial charge in [-0.25, -0.2) is 0 Å². The number of hydrogen-bond acceptors (Lipinski definition) is 4. The summed E-state index contributed by atoms with van der Waals surface area (Å²) in [4.78, 5) is 13.7. The van der Waals surface area contributed by atoms with Crippen LogP contribution in [0.2, 0.25) is 0 Å². The van der Waals surface area contributed by atoms with Gasteiger partial charge in [0.2, 0.25) is 11.7 Å². The Balaban J connectivity index is 1.62. The quantitative estimate of drug-likeness (QED) is 0.937. The number of nitrogens with one attached hydrogen (secondary N) is 1. The van der Waals surface area contributed by atoms with Crippen LogP contribution < -0.4 is 5.32 Å². The lowest BCUT2D eigenvalue weighted by Crippen LogP contribution is -2.45. The first-order valence-corrected chi connectivity index (χ1v) is 8.68. The summed E-state index contributed by atoms with van der Waals surface area (Å²) in [5.41, 5.74) is 2.03. The van der Waals surface area contributed by atoms with Crippen LogP contribution in [0.3, 0.4) is 0 Å². The highest BCUT2D eigenvalue weighted by molar-refractivity contribution is 5.75. The number of rotatable bonds is 4. The van der Waals surface area contributed by atoms with Gasteiger partial charge in [0.1, 0.15) is 6.54 Å². The van der Waals surface area contributed by atoms with E-state index < -0.39 is 0 Å². The molecule has 1 aliphatic carbocycles. The second-order valence-corrected chi connectivity index (χ2v) is 6.90. The largest absolute Gasteiger partial charge is 0.351 e. The second-order valence-electron chi connectivity index (χ2n) is 6.90. The van der Waals surface area contributed by atoms with E-state index in [2.05, 4.69) is 34.6 Å². The predicted molar refractivity (Wildman–Crippen MR) is 92.1 cm³/mol. The molecule has 1 saturated carbocycles. The van der Waals surface area contributed by atoms with Gasteiger partial charge in [0.25, 0.3) is 0 Å². The van der Waals surface area contributed by atoms with Gasteiger partial charge in [0, 0.05) is 11.6 Å². The van der Waals surface area contributed by atoms with Crippen LogP contribution in [0.25, 0.3) is 11.4 Å². The molecule has 1 aromatic carbocycles. The molecule has 0 unspecified atom stereocenters. The number of benzene rings is 1.